The van der Waals surface area contributed by atoms with Gasteiger partial charge in [0.15, 0.2) is 11.5 Å². The molecule has 0 heterocycles. The molecular weight excluding hydrogens is 468 g/mol. The SMILES string of the molecule is Cc1ccccc1N(O)C[C@@H]1CC2[C@@H]3C[C@H](F)C4=CC(=O)C=C[C@]4(C)[C@@]3(F)[C@@H](O)C[C@]2(C)[C@H]1C(=O)O. The molecule has 1 aromatic carbocycles. The molecule has 0 aliphatic heterocycles. The van der Waals surface area contributed by atoms with Gasteiger partial charge < -0.3 is 10.2 Å². The molecule has 5 rings (SSSR count). The molecule has 9 atom stereocenters. The Hall–Kier alpha value is -2.58. The van der Waals surface area contributed by atoms with Crippen LogP contribution >= 0.6 is 0 Å². The zero-order valence-electron chi connectivity index (χ0n) is 20.7. The fraction of sp³-hybridized carbons (Fsp3) is 0.571. The summed E-state index contributed by atoms with van der Waals surface area (Å²) < 4.78 is 32.8. The number of nitrogens with zero attached hydrogens (tertiary/aromatic N) is 1. The van der Waals surface area contributed by atoms with Crippen LogP contribution in [-0.4, -0.2) is 51.7 Å². The Bertz CT molecular complexity index is 1170. The zero-order valence-corrected chi connectivity index (χ0v) is 20.7. The third kappa shape index (κ3) is 3.26. The fourth-order valence-electron chi connectivity index (χ4n) is 8.22. The van der Waals surface area contributed by atoms with Crippen LogP contribution in [-0.2, 0) is 9.59 Å². The van der Waals surface area contributed by atoms with Crippen LogP contribution < -0.4 is 5.06 Å². The molecule has 36 heavy (non-hydrogen) atoms. The number of carboxylic acid groups (broad SMARTS) is 1. The Kier molecular flexibility index (Phi) is 5.72. The van der Waals surface area contributed by atoms with E-state index in [1.165, 1.54) is 19.1 Å². The lowest BCUT2D eigenvalue weighted by atomic mass is 9.45. The maximum atomic E-state index is 17.2. The van der Waals surface area contributed by atoms with Crippen LogP contribution in [0, 0.1) is 41.4 Å². The minimum atomic E-state index is -2.25. The fourth-order valence-corrected chi connectivity index (χ4v) is 8.22. The zero-order chi connectivity index (χ0) is 26.2. The van der Waals surface area contributed by atoms with E-state index in [0.717, 1.165) is 16.7 Å². The number of anilines is 1. The summed E-state index contributed by atoms with van der Waals surface area (Å²) in [5, 5.41) is 33.5. The molecule has 3 N–H and O–H groups in total. The molecule has 0 bridgehead atoms. The number of para-hydroxylation sites is 1. The highest BCUT2D eigenvalue weighted by Gasteiger charge is 2.73. The van der Waals surface area contributed by atoms with Crippen LogP contribution in [0.5, 0.6) is 0 Å². The summed E-state index contributed by atoms with van der Waals surface area (Å²) in [7, 11) is 0. The van der Waals surface area contributed by atoms with E-state index < -0.39 is 64.2 Å². The molecule has 1 unspecified atom stereocenters. The van der Waals surface area contributed by atoms with Gasteiger partial charge in [0, 0.05) is 17.9 Å². The lowest BCUT2D eigenvalue weighted by Gasteiger charge is -2.62. The average Bonchev–Trinajstić information content (AvgIpc) is 3.09. The number of aliphatic hydroxyl groups excluding tert-OH is 1. The van der Waals surface area contributed by atoms with E-state index in [2.05, 4.69) is 0 Å². The van der Waals surface area contributed by atoms with E-state index >= 15 is 8.78 Å². The third-order valence-corrected chi connectivity index (χ3v) is 9.87. The first-order chi connectivity index (χ1) is 16.8. The van der Waals surface area contributed by atoms with Gasteiger partial charge in [-0.2, -0.15) is 0 Å². The molecule has 6 nitrogen and oxygen atoms in total. The molecule has 3 saturated carbocycles. The van der Waals surface area contributed by atoms with E-state index in [1.807, 2.05) is 19.1 Å². The van der Waals surface area contributed by atoms with Crippen molar-refractivity contribution in [1.29, 1.82) is 0 Å². The van der Waals surface area contributed by atoms with Gasteiger partial charge in [0.05, 0.1) is 17.7 Å². The van der Waals surface area contributed by atoms with Gasteiger partial charge in [0.1, 0.15) is 6.17 Å². The van der Waals surface area contributed by atoms with Gasteiger partial charge in [-0.05, 0) is 79.7 Å². The molecule has 194 valence electrons. The summed E-state index contributed by atoms with van der Waals surface area (Å²) in [5.41, 5.74) is -3.33. The summed E-state index contributed by atoms with van der Waals surface area (Å²) in [6, 6.07) is 7.20. The second-order valence-corrected chi connectivity index (χ2v) is 11.6. The van der Waals surface area contributed by atoms with Crippen molar-refractivity contribution in [2.24, 2.45) is 34.5 Å². The van der Waals surface area contributed by atoms with Gasteiger partial charge in [-0.3, -0.25) is 19.9 Å². The average molecular weight is 502 g/mol. The number of hydroxylamine groups is 1. The van der Waals surface area contributed by atoms with E-state index in [4.69, 9.17) is 0 Å². The lowest BCUT2D eigenvalue weighted by Crippen LogP contribution is -2.68. The highest BCUT2D eigenvalue weighted by molar-refractivity contribution is 6.01. The monoisotopic (exact) mass is 501 g/mol. The van der Waals surface area contributed by atoms with Crippen molar-refractivity contribution in [3.8, 4) is 0 Å². The largest absolute Gasteiger partial charge is 0.481 e. The Morgan fingerprint density at radius 3 is 2.56 bits per heavy atom. The van der Waals surface area contributed by atoms with Crippen LogP contribution in [0.25, 0.3) is 0 Å². The summed E-state index contributed by atoms with van der Waals surface area (Å²) in [5.74, 6) is -4.43. The molecular formula is C28H33F2NO5. The first-order valence-corrected chi connectivity index (χ1v) is 12.6. The van der Waals surface area contributed by atoms with Crippen LogP contribution in [0.3, 0.4) is 0 Å². The van der Waals surface area contributed by atoms with Crippen LogP contribution in [0.1, 0.15) is 38.7 Å². The van der Waals surface area contributed by atoms with Crippen molar-refractivity contribution in [1.82, 2.24) is 0 Å². The number of allylic oxidation sites excluding steroid dienone is 4. The number of aryl methyl sites for hydroxylation is 1. The molecule has 0 radical (unpaired) electrons. The Labute approximate surface area is 209 Å². The molecule has 1 aromatic rings. The van der Waals surface area contributed by atoms with E-state index in [-0.39, 0.29) is 31.4 Å². The van der Waals surface area contributed by atoms with Gasteiger partial charge in [-0.1, -0.05) is 31.2 Å². The van der Waals surface area contributed by atoms with Crippen molar-refractivity contribution < 1.29 is 33.8 Å². The number of aliphatic hydroxyl groups is 1. The maximum absolute atomic E-state index is 17.2. The quantitative estimate of drug-likeness (QED) is 0.528. The molecule has 8 heteroatoms. The standard InChI is InChI=1S/C28H33F2NO5/c1-15-6-4-5-7-22(15)31(36)14-16-10-18-19-12-21(29)20-11-17(32)8-9-27(20,3)28(19,30)23(33)13-26(18,2)24(16)25(34)35/h4-9,11,16,18-19,21,23-24,33,36H,10,12-14H2,1-3H3,(H,34,35)/t16-,18?,19-,21-,23-,24+,26-,27-,28-/m0/s1. The number of hydrogen-bond acceptors (Lipinski definition) is 5. The number of aliphatic carboxylic acids is 1. The number of carbonyl (C=O) groups is 2. The molecule has 0 spiro atoms. The number of carbonyl (C=O) groups excluding carboxylic acids is 1. The molecule has 0 aromatic heterocycles. The first-order valence-electron chi connectivity index (χ1n) is 12.6. The minimum Gasteiger partial charge on any atom is -0.481 e. The maximum Gasteiger partial charge on any atom is 0.307 e. The van der Waals surface area contributed by atoms with Crippen molar-refractivity contribution >= 4 is 17.4 Å². The van der Waals surface area contributed by atoms with Gasteiger partial charge >= 0.3 is 5.97 Å². The minimum absolute atomic E-state index is 0.0197. The summed E-state index contributed by atoms with van der Waals surface area (Å²) in [6.45, 7) is 5.15. The van der Waals surface area contributed by atoms with E-state index in [9.17, 15) is 25.0 Å². The summed E-state index contributed by atoms with van der Waals surface area (Å²) >= 11 is 0. The Morgan fingerprint density at radius 1 is 1.19 bits per heavy atom. The smallest absolute Gasteiger partial charge is 0.307 e. The predicted octanol–water partition coefficient (Wildman–Crippen LogP) is 4.44. The van der Waals surface area contributed by atoms with Crippen LogP contribution in [0.4, 0.5) is 14.5 Å². The number of rotatable bonds is 4. The van der Waals surface area contributed by atoms with Crippen LogP contribution in [0.15, 0.2) is 48.1 Å². The van der Waals surface area contributed by atoms with Gasteiger partial charge in [-0.15, -0.1) is 0 Å². The molecule has 4 aliphatic carbocycles. The van der Waals surface area contributed by atoms with Crippen molar-refractivity contribution in [3.05, 3.63) is 53.6 Å². The Balaban J connectivity index is 1.54. The molecule has 3 fully saturated rings. The number of halogens is 2. The number of benzene rings is 1. The van der Waals surface area contributed by atoms with E-state index in [1.54, 1.807) is 19.1 Å². The van der Waals surface area contributed by atoms with Gasteiger partial charge in [0.2, 0.25) is 0 Å². The number of hydrogen-bond donors (Lipinski definition) is 3. The van der Waals surface area contributed by atoms with Crippen molar-refractivity contribution in [2.75, 3.05) is 11.6 Å². The topological polar surface area (TPSA) is 98.1 Å². The van der Waals surface area contributed by atoms with Gasteiger partial charge in [0.25, 0.3) is 0 Å². The first kappa shape index (κ1) is 25.1. The summed E-state index contributed by atoms with van der Waals surface area (Å²) in [6.07, 6.45) is 0.593. The number of carboxylic acids is 1. The highest BCUT2D eigenvalue weighted by atomic mass is 19.1. The number of ketones is 1. The number of fused-ring (bicyclic) bond motifs is 5. The normalized spacial score (nSPS) is 43.3. The van der Waals surface area contributed by atoms with Crippen molar-refractivity contribution in [3.63, 3.8) is 0 Å². The summed E-state index contributed by atoms with van der Waals surface area (Å²) in [4.78, 5) is 24.6. The van der Waals surface area contributed by atoms with Crippen molar-refractivity contribution in [2.45, 2.75) is 58.0 Å². The lowest BCUT2D eigenvalue weighted by molar-refractivity contribution is -0.204. The van der Waals surface area contributed by atoms with Crippen LogP contribution in [0.2, 0.25) is 0 Å². The molecule has 4 aliphatic rings. The third-order valence-electron chi connectivity index (χ3n) is 9.87. The number of alkyl halides is 2. The molecule has 0 amide bonds. The van der Waals surface area contributed by atoms with Gasteiger partial charge in [-0.25, -0.2) is 8.78 Å². The second kappa shape index (κ2) is 8.21. The van der Waals surface area contributed by atoms with E-state index in [0.29, 0.717) is 5.69 Å². The second-order valence-electron chi connectivity index (χ2n) is 11.6. The Morgan fingerprint density at radius 2 is 1.89 bits per heavy atom. The highest BCUT2D eigenvalue weighted by Crippen LogP contribution is 2.70. The predicted molar refractivity (Wildman–Crippen MR) is 129 cm³/mol. The molecule has 0 saturated heterocycles.